The van der Waals surface area contributed by atoms with Gasteiger partial charge < -0.3 is 20.6 Å². The Bertz CT molecular complexity index is 650. The Labute approximate surface area is 124 Å². The molecule has 0 spiro atoms. The van der Waals surface area contributed by atoms with E-state index >= 15 is 0 Å². The van der Waals surface area contributed by atoms with Crippen molar-refractivity contribution in [2.24, 2.45) is 4.99 Å². The van der Waals surface area contributed by atoms with Crippen molar-refractivity contribution in [3.63, 3.8) is 0 Å². The number of aromatic nitrogens is 2. The molecule has 0 aromatic carbocycles. The molecule has 0 amide bonds. The van der Waals surface area contributed by atoms with Crippen LogP contribution in [0.2, 0.25) is 0 Å². The number of ketones is 1. The second kappa shape index (κ2) is 8.22. The van der Waals surface area contributed by atoms with Crippen molar-refractivity contribution in [1.82, 2.24) is 9.97 Å². The number of H-pyrrole nitrogens is 2. The smallest absolute Gasteiger partial charge is 0.327 e. The second-order valence-corrected chi connectivity index (χ2v) is 4.53. The van der Waals surface area contributed by atoms with Crippen molar-refractivity contribution in [2.45, 2.75) is 25.6 Å². The first-order valence-electron chi connectivity index (χ1n) is 6.47. The van der Waals surface area contributed by atoms with Crippen LogP contribution in [0.15, 0.2) is 14.6 Å². The van der Waals surface area contributed by atoms with Crippen LogP contribution in [0.3, 0.4) is 0 Å². The Kier molecular flexibility index (Phi) is 6.63. The predicted octanol–water partition coefficient (Wildman–Crippen LogP) is -2.13. The largest absolute Gasteiger partial charge is 0.394 e. The van der Waals surface area contributed by atoms with Crippen molar-refractivity contribution in [1.29, 1.82) is 0 Å². The van der Waals surface area contributed by atoms with Gasteiger partial charge in [-0.05, 0) is 6.42 Å². The first kappa shape index (κ1) is 17.8. The van der Waals surface area contributed by atoms with Gasteiger partial charge in [0.25, 0.3) is 5.56 Å². The zero-order chi connectivity index (χ0) is 16.7. The van der Waals surface area contributed by atoms with E-state index in [2.05, 4.69) is 15.3 Å². The lowest BCUT2D eigenvalue weighted by Crippen LogP contribution is -2.31. The van der Waals surface area contributed by atoms with E-state index < -0.39 is 30.1 Å². The van der Waals surface area contributed by atoms with E-state index in [0.717, 1.165) is 6.21 Å². The molecule has 1 aromatic heterocycles. The summed E-state index contributed by atoms with van der Waals surface area (Å²) in [5.74, 6) is -0.394. The highest BCUT2D eigenvalue weighted by molar-refractivity contribution is 6.26. The standard InChI is InChI=1S/C12H18N4O6/c1-6(18)4-14-9-10(15-12(22)16-11(9)21)13-3-2-7(19)8(20)5-17/h4,7-8,17,19-20H,2-3,5H2,1H3,(H3,13,15,16,21,22)/t7-,8+/m0/s1. The molecule has 0 unspecified atom stereocenters. The van der Waals surface area contributed by atoms with E-state index in [0.29, 0.717) is 0 Å². The Balaban J connectivity index is 2.87. The third-order valence-corrected chi connectivity index (χ3v) is 2.67. The van der Waals surface area contributed by atoms with Crippen molar-refractivity contribution < 1.29 is 20.1 Å². The minimum absolute atomic E-state index is 0.0167. The number of carbonyl (C=O) groups excluding carboxylic acids is 1. The molecule has 0 saturated heterocycles. The summed E-state index contributed by atoms with van der Waals surface area (Å²) in [4.78, 5) is 41.8. The molecule has 0 aliphatic heterocycles. The first-order valence-corrected chi connectivity index (χ1v) is 6.47. The number of nitrogens with one attached hydrogen (secondary N) is 3. The summed E-state index contributed by atoms with van der Waals surface area (Å²) in [6.07, 6.45) is -1.48. The molecule has 10 heteroatoms. The molecule has 1 rings (SSSR count). The maximum Gasteiger partial charge on any atom is 0.327 e. The normalized spacial score (nSPS) is 14.0. The number of anilines is 1. The fourth-order valence-corrected chi connectivity index (χ4v) is 1.55. The van der Waals surface area contributed by atoms with E-state index in [1.165, 1.54) is 6.92 Å². The number of aromatic amines is 2. The summed E-state index contributed by atoms with van der Waals surface area (Å²) >= 11 is 0. The number of rotatable bonds is 8. The van der Waals surface area contributed by atoms with Gasteiger partial charge in [-0.15, -0.1) is 0 Å². The maximum absolute atomic E-state index is 11.7. The third kappa shape index (κ3) is 5.24. The summed E-state index contributed by atoms with van der Waals surface area (Å²) in [5, 5.41) is 30.1. The molecule has 1 heterocycles. The van der Waals surface area contributed by atoms with Crippen LogP contribution in [0.5, 0.6) is 0 Å². The number of aliphatic hydroxyl groups excluding tert-OH is 3. The van der Waals surface area contributed by atoms with Gasteiger partial charge in [0.2, 0.25) is 0 Å². The fourth-order valence-electron chi connectivity index (χ4n) is 1.55. The molecule has 1 aromatic rings. The highest BCUT2D eigenvalue weighted by Gasteiger charge is 2.15. The lowest BCUT2D eigenvalue weighted by atomic mass is 10.1. The minimum atomic E-state index is -1.28. The molecule has 0 saturated carbocycles. The minimum Gasteiger partial charge on any atom is -0.394 e. The summed E-state index contributed by atoms with van der Waals surface area (Å²) < 4.78 is 0. The number of aliphatic imine (C=N–C) groups is 1. The average molecular weight is 314 g/mol. The SMILES string of the molecule is CC(=O)C=Nc1c(NCC[C@H](O)[C@H](O)CO)[nH]c(=O)[nH]c1=O. The fraction of sp³-hybridized carbons (Fsp3) is 0.500. The monoisotopic (exact) mass is 314 g/mol. The lowest BCUT2D eigenvalue weighted by Gasteiger charge is -2.16. The highest BCUT2D eigenvalue weighted by atomic mass is 16.4. The zero-order valence-electron chi connectivity index (χ0n) is 11.9. The highest BCUT2D eigenvalue weighted by Crippen LogP contribution is 2.14. The van der Waals surface area contributed by atoms with Gasteiger partial charge in [0, 0.05) is 13.5 Å². The van der Waals surface area contributed by atoms with Crippen molar-refractivity contribution in [2.75, 3.05) is 18.5 Å². The van der Waals surface area contributed by atoms with Gasteiger partial charge in [-0.2, -0.15) is 0 Å². The van der Waals surface area contributed by atoms with E-state index in [1.54, 1.807) is 0 Å². The van der Waals surface area contributed by atoms with Gasteiger partial charge >= 0.3 is 5.69 Å². The molecule has 6 N–H and O–H groups in total. The van der Waals surface area contributed by atoms with Crippen molar-refractivity contribution in [3.8, 4) is 0 Å². The number of nitrogens with zero attached hydrogens (tertiary/aromatic N) is 1. The topological polar surface area (TPSA) is 168 Å². The molecule has 2 atom stereocenters. The predicted molar refractivity (Wildman–Crippen MR) is 78.7 cm³/mol. The van der Waals surface area contributed by atoms with Gasteiger partial charge in [-0.1, -0.05) is 0 Å². The molecule has 22 heavy (non-hydrogen) atoms. The van der Waals surface area contributed by atoms with Crippen LogP contribution in [0.1, 0.15) is 13.3 Å². The van der Waals surface area contributed by atoms with Crippen LogP contribution in [0.25, 0.3) is 0 Å². The maximum atomic E-state index is 11.7. The number of hydrogen-bond donors (Lipinski definition) is 6. The molecule has 0 fully saturated rings. The van der Waals surface area contributed by atoms with Gasteiger partial charge in [-0.3, -0.25) is 19.6 Å². The lowest BCUT2D eigenvalue weighted by molar-refractivity contribution is -0.110. The van der Waals surface area contributed by atoms with Crippen molar-refractivity contribution >= 4 is 23.5 Å². The third-order valence-electron chi connectivity index (χ3n) is 2.67. The number of hydrogen-bond acceptors (Lipinski definition) is 8. The van der Waals surface area contributed by atoms with E-state index in [-0.39, 0.29) is 30.3 Å². The first-order chi connectivity index (χ1) is 10.3. The Hall–Kier alpha value is -2.30. The summed E-state index contributed by atoms with van der Waals surface area (Å²) in [6, 6.07) is 0. The van der Waals surface area contributed by atoms with Gasteiger partial charge in [0.15, 0.2) is 11.5 Å². The van der Waals surface area contributed by atoms with Crippen LogP contribution in [0, 0.1) is 0 Å². The number of aliphatic hydroxyl groups is 3. The van der Waals surface area contributed by atoms with Crippen LogP contribution >= 0.6 is 0 Å². The van der Waals surface area contributed by atoms with Crippen LogP contribution in [-0.2, 0) is 4.79 Å². The molecular formula is C12H18N4O6. The zero-order valence-corrected chi connectivity index (χ0v) is 11.9. The van der Waals surface area contributed by atoms with Crippen LogP contribution in [-0.4, -0.2) is 62.6 Å². The van der Waals surface area contributed by atoms with E-state index in [1.807, 2.05) is 4.98 Å². The molecular weight excluding hydrogens is 296 g/mol. The van der Waals surface area contributed by atoms with Gasteiger partial charge in [0.1, 0.15) is 11.9 Å². The molecule has 10 nitrogen and oxygen atoms in total. The molecule has 0 bridgehead atoms. The summed E-state index contributed by atoms with van der Waals surface area (Å²) in [6.45, 7) is 0.750. The molecule has 0 radical (unpaired) electrons. The Morgan fingerprint density at radius 3 is 2.59 bits per heavy atom. The summed E-state index contributed by atoms with van der Waals surface area (Å²) in [5.41, 5.74) is -1.73. The van der Waals surface area contributed by atoms with Crippen LogP contribution < -0.4 is 16.6 Å². The Morgan fingerprint density at radius 2 is 2.00 bits per heavy atom. The molecule has 0 aliphatic carbocycles. The van der Waals surface area contributed by atoms with Crippen molar-refractivity contribution in [3.05, 3.63) is 20.8 Å². The second-order valence-electron chi connectivity index (χ2n) is 4.53. The van der Waals surface area contributed by atoms with Crippen LogP contribution in [0.4, 0.5) is 11.5 Å². The Morgan fingerprint density at radius 1 is 1.32 bits per heavy atom. The quantitative estimate of drug-likeness (QED) is 0.298. The van der Waals surface area contributed by atoms with Gasteiger partial charge in [0.05, 0.1) is 18.9 Å². The van der Waals surface area contributed by atoms with E-state index in [9.17, 15) is 24.6 Å². The van der Waals surface area contributed by atoms with Gasteiger partial charge in [-0.25, -0.2) is 9.79 Å². The summed E-state index contributed by atoms with van der Waals surface area (Å²) in [7, 11) is 0. The number of Topliss-reactive ketones (excluding diaryl/α,β-unsaturated/α-hetero) is 1. The molecule has 122 valence electrons. The average Bonchev–Trinajstić information content (AvgIpc) is 2.44. The van der Waals surface area contributed by atoms with E-state index in [4.69, 9.17) is 5.11 Å². The molecule has 0 aliphatic rings. The number of carbonyl (C=O) groups is 1.